The molecule has 2 heterocycles. The highest BCUT2D eigenvalue weighted by molar-refractivity contribution is 7.92. The molecule has 1 aliphatic carbocycles. The van der Waals surface area contributed by atoms with E-state index in [1.165, 1.54) is 7.11 Å². The molecule has 1 saturated carbocycles. The zero-order valence-corrected chi connectivity index (χ0v) is 22.5. The highest BCUT2D eigenvalue weighted by atomic mass is 32.2. The fourth-order valence-corrected chi connectivity index (χ4v) is 4.92. The normalized spacial score (nSPS) is 13.7. The summed E-state index contributed by atoms with van der Waals surface area (Å²) >= 11 is 0. The molecule has 0 saturated heterocycles. The van der Waals surface area contributed by atoms with Crippen LogP contribution in [0.25, 0.3) is 11.0 Å². The Morgan fingerprint density at radius 3 is 2.42 bits per heavy atom. The van der Waals surface area contributed by atoms with Gasteiger partial charge in [-0.2, -0.15) is 13.2 Å². The molecular formula is C25H25F3N4O7S. The van der Waals surface area contributed by atoms with Gasteiger partial charge < -0.3 is 19.4 Å². The van der Waals surface area contributed by atoms with E-state index in [1.807, 2.05) is 0 Å². The monoisotopic (exact) mass is 582 g/mol. The minimum absolute atomic E-state index is 0.0523. The third-order valence-electron chi connectivity index (χ3n) is 6.21. The summed E-state index contributed by atoms with van der Waals surface area (Å²) in [5, 5.41) is 1.62. The fraction of sp³-hybridized carbons (Fsp3) is 0.400. The Labute approximate surface area is 226 Å². The Bertz CT molecular complexity index is 1770. The molecule has 0 unspecified atom stereocenters. The van der Waals surface area contributed by atoms with Crippen molar-refractivity contribution in [2.24, 2.45) is 20.0 Å². The predicted octanol–water partition coefficient (Wildman–Crippen LogP) is 1.76. The van der Waals surface area contributed by atoms with Crippen LogP contribution in [-0.4, -0.2) is 53.9 Å². The van der Waals surface area contributed by atoms with Gasteiger partial charge in [0.25, 0.3) is 15.4 Å². The molecule has 2 aromatic heterocycles. The molecule has 4 rings (SSSR count). The number of sulfone groups is 1. The minimum Gasteiger partial charge on any atom is -0.491 e. The minimum atomic E-state index is -5.82. The Morgan fingerprint density at radius 1 is 1.10 bits per heavy atom. The number of aromatic nitrogens is 3. The lowest BCUT2D eigenvalue weighted by molar-refractivity contribution is -0.117. The molecule has 0 atom stereocenters. The number of alkyl halides is 3. The molecule has 40 heavy (non-hydrogen) atoms. The van der Waals surface area contributed by atoms with Crippen molar-refractivity contribution in [2.45, 2.75) is 29.9 Å². The van der Waals surface area contributed by atoms with E-state index < -0.39 is 43.7 Å². The number of nitrogens with one attached hydrogen (secondary N) is 1. The van der Waals surface area contributed by atoms with E-state index in [4.69, 9.17) is 9.47 Å². The first-order valence-corrected chi connectivity index (χ1v) is 13.4. The second-order valence-corrected chi connectivity index (χ2v) is 11.0. The van der Waals surface area contributed by atoms with Gasteiger partial charge in [-0.25, -0.2) is 13.2 Å². The van der Waals surface area contributed by atoms with Crippen LogP contribution in [0.5, 0.6) is 5.75 Å². The third-order valence-corrected chi connectivity index (χ3v) is 7.76. The number of ether oxygens (including phenoxy) is 2. The van der Waals surface area contributed by atoms with Crippen molar-refractivity contribution in [3.63, 3.8) is 0 Å². The highest BCUT2D eigenvalue weighted by Gasteiger charge is 2.49. The smallest absolute Gasteiger partial charge is 0.491 e. The molecule has 1 fully saturated rings. The summed E-state index contributed by atoms with van der Waals surface area (Å²) in [5.74, 6) is 5.75. The van der Waals surface area contributed by atoms with Crippen LogP contribution in [0.1, 0.15) is 18.4 Å². The molecule has 1 aromatic carbocycles. The molecule has 3 aromatic rings. The van der Waals surface area contributed by atoms with Crippen molar-refractivity contribution >= 4 is 32.5 Å². The average Bonchev–Trinajstić information content (AvgIpc) is 3.67. The number of hydrogen-bond donors (Lipinski definition) is 1. The lowest BCUT2D eigenvalue weighted by atomic mass is 10.2. The standard InChI is InChI=1S/C25H25F3N4O7S/c1-30-20(40(36,37)25(26,27)28)14-19-21(30)23(34)31(2)24(35)32(19)8-4-5-15-11-17(29-22(33)16-6-7-16)13-18(12-15)39-10-9-38-3/h11-14,16H,6-10H2,1-3H3,(H,29,33). The summed E-state index contributed by atoms with van der Waals surface area (Å²) in [6.45, 7) is 0.151. The summed E-state index contributed by atoms with van der Waals surface area (Å²) in [7, 11) is -2.19. The second-order valence-electron chi connectivity index (χ2n) is 9.11. The van der Waals surface area contributed by atoms with E-state index in [1.54, 1.807) is 18.2 Å². The van der Waals surface area contributed by atoms with E-state index in [2.05, 4.69) is 17.2 Å². The largest absolute Gasteiger partial charge is 0.503 e. The molecule has 0 aliphatic heterocycles. The number of benzene rings is 1. The Morgan fingerprint density at radius 2 is 1.80 bits per heavy atom. The van der Waals surface area contributed by atoms with Gasteiger partial charge in [0.05, 0.1) is 18.7 Å². The molecule has 1 aliphatic rings. The number of methoxy groups -OCH3 is 1. The third kappa shape index (κ3) is 5.63. The molecule has 15 heteroatoms. The van der Waals surface area contributed by atoms with Crippen molar-refractivity contribution in [1.82, 2.24) is 13.7 Å². The second kappa shape index (κ2) is 10.9. The molecule has 1 N–H and O–H groups in total. The summed E-state index contributed by atoms with van der Waals surface area (Å²) < 4.78 is 76.7. The maximum Gasteiger partial charge on any atom is 0.503 e. The Kier molecular flexibility index (Phi) is 7.86. The van der Waals surface area contributed by atoms with Crippen LogP contribution in [0.4, 0.5) is 18.9 Å². The van der Waals surface area contributed by atoms with Crippen LogP contribution in [0.15, 0.2) is 38.9 Å². The number of aryl methyl sites for hydroxylation is 1. The number of carbonyl (C=O) groups excluding carboxylic acids is 1. The summed E-state index contributed by atoms with van der Waals surface area (Å²) in [6, 6.07) is 5.43. The van der Waals surface area contributed by atoms with Gasteiger partial charge in [-0.05, 0) is 25.0 Å². The van der Waals surface area contributed by atoms with Gasteiger partial charge in [0.2, 0.25) is 5.91 Å². The fourth-order valence-electron chi connectivity index (χ4n) is 3.96. The molecule has 1 amide bonds. The van der Waals surface area contributed by atoms with Gasteiger partial charge in [0, 0.05) is 50.5 Å². The predicted molar refractivity (Wildman–Crippen MR) is 138 cm³/mol. The number of anilines is 1. The van der Waals surface area contributed by atoms with Crippen molar-refractivity contribution < 1.29 is 35.9 Å². The Hall–Kier alpha value is -4.03. The molecule has 11 nitrogen and oxygen atoms in total. The first-order valence-electron chi connectivity index (χ1n) is 11.9. The van der Waals surface area contributed by atoms with E-state index in [9.17, 15) is 36.0 Å². The quantitative estimate of drug-likeness (QED) is 0.316. The van der Waals surface area contributed by atoms with Gasteiger partial charge in [0.15, 0.2) is 0 Å². The Balaban J connectivity index is 1.75. The SMILES string of the molecule is COCCOc1cc(C#CCn2c(=O)n(C)c(=O)c3c2cc(S(=O)(=O)C(F)(F)F)n3C)cc(NC(=O)C2CC2)c1. The molecule has 0 spiro atoms. The van der Waals surface area contributed by atoms with Crippen molar-refractivity contribution in [2.75, 3.05) is 25.6 Å². The number of carbonyl (C=O) groups is 1. The number of hydrogen-bond acceptors (Lipinski definition) is 7. The zero-order valence-electron chi connectivity index (χ0n) is 21.7. The van der Waals surface area contributed by atoms with Crippen LogP contribution < -0.4 is 21.3 Å². The average molecular weight is 583 g/mol. The van der Waals surface area contributed by atoms with Crippen molar-refractivity contribution in [3.05, 3.63) is 50.7 Å². The van der Waals surface area contributed by atoms with Gasteiger partial charge in [-0.3, -0.25) is 18.7 Å². The maximum absolute atomic E-state index is 13.2. The van der Waals surface area contributed by atoms with Crippen molar-refractivity contribution in [3.8, 4) is 17.6 Å². The van der Waals surface area contributed by atoms with Crippen LogP contribution >= 0.6 is 0 Å². The summed E-state index contributed by atoms with van der Waals surface area (Å²) in [6.07, 6.45) is 1.60. The van der Waals surface area contributed by atoms with Gasteiger partial charge in [-0.15, -0.1) is 0 Å². The topological polar surface area (TPSA) is 131 Å². The van der Waals surface area contributed by atoms with E-state index >= 15 is 0 Å². The number of fused-ring (bicyclic) bond motifs is 1. The zero-order chi connectivity index (χ0) is 29.4. The number of halogens is 3. The molecular weight excluding hydrogens is 557 g/mol. The van der Waals surface area contributed by atoms with E-state index in [0.717, 1.165) is 31.5 Å². The van der Waals surface area contributed by atoms with E-state index in [0.29, 0.717) is 38.8 Å². The van der Waals surface area contributed by atoms with Crippen LogP contribution in [0.2, 0.25) is 0 Å². The molecule has 214 valence electrons. The van der Waals surface area contributed by atoms with Crippen LogP contribution in [0.3, 0.4) is 0 Å². The molecule has 0 radical (unpaired) electrons. The molecule has 0 bridgehead atoms. The van der Waals surface area contributed by atoms with Crippen molar-refractivity contribution in [1.29, 1.82) is 0 Å². The maximum atomic E-state index is 13.2. The number of nitrogens with zero attached hydrogens (tertiary/aromatic N) is 3. The van der Waals surface area contributed by atoms with Gasteiger partial charge in [0.1, 0.15) is 22.9 Å². The summed E-state index contributed by atoms with van der Waals surface area (Å²) in [5.41, 5.74) is -7.39. The van der Waals surface area contributed by atoms with Gasteiger partial charge in [-0.1, -0.05) is 11.8 Å². The number of rotatable bonds is 8. The van der Waals surface area contributed by atoms with Crippen LogP contribution in [-0.2, 0) is 40.0 Å². The lowest BCUT2D eigenvalue weighted by Crippen LogP contribution is -2.38. The number of amides is 1. The van der Waals surface area contributed by atoms with Crippen LogP contribution in [0, 0.1) is 17.8 Å². The van der Waals surface area contributed by atoms with E-state index in [-0.39, 0.29) is 23.9 Å². The van der Waals surface area contributed by atoms with Gasteiger partial charge >= 0.3 is 11.2 Å². The summed E-state index contributed by atoms with van der Waals surface area (Å²) in [4.78, 5) is 37.8. The first-order chi connectivity index (χ1) is 18.8. The highest BCUT2D eigenvalue weighted by Crippen LogP contribution is 2.33. The first kappa shape index (κ1) is 29.0. The lowest BCUT2D eigenvalue weighted by Gasteiger charge is -2.10.